The average Bonchev–Trinajstić information content (AvgIpc) is 2.16. The molecule has 3 unspecified atom stereocenters. The Balaban J connectivity index is 2.07. The van der Waals surface area contributed by atoms with E-state index < -0.39 is 0 Å². The molecule has 3 atom stereocenters. The van der Waals surface area contributed by atoms with Crippen molar-refractivity contribution in [3.63, 3.8) is 0 Å². The zero-order valence-electron chi connectivity index (χ0n) is 9.38. The fourth-order valence-corrected chi connectivity index (χ4v) is 4.39. The molecule has 0 bridgehead atoms. The Bertz CT molecular complexity index is 193. The predicted octanol–water partition coefficient (Wildman–Crippen LogP) is 3.73. The first kappa shape index (κ1) is 11.2. The second-order valence-corrected chi connectivity index (χ2v) is 6.81. The van der Waals surface area contributed by atoms with E-state index in [0.29, 0.717) is 0 Å². The van der Waals surface area contributed by atoms with Crippen LogP contribution in [0.25, 0.3) is 0 Å². The summed E-state index contributed by atoms with van der Waals surface area (Å²) < 4.78 is 2.54. The Morgan fingerprint density at radius 1 is 1.14 bits per heavy atom. The van der Waals surface area contributed by atoms with Crippen LogP contribution in [-0.4, -0.2) is 16.2 Å². The number of nitrogens with zero attached hydrogens (tertiary/aromatic N) is 1. The maximum Gasteiger partial charge on any atom is 0.0201 e. The van der Waals surface area contributed by atoms with Gasteiger partial charge in [-0.05, 0) is 36.5 Å². The van der Waals surface area contributed by atoms with Crippen molar-refractivity contribution in [2.75, 3.05) is 13.1 Å². The number of hydrogen-bond donors (Lipinski definition) is 0. The molecular weight excluding hydrogens is 285 g/mol. The third kappa shape index (κ3) is 2.26. The molecule has 2 fully saturated rings. The van der Waals surface area contributed by atoms with Crippen molar-refractivity contribution in [3.8, 4) is 0 Å². The van der Waals surface area contributed by atoms with E-state index in [0.717, 1.165) is 23.7 Å². The van der Waals surface area contributed by atoms with Crippen LogP contribution in [0, 0.1) is 23.7 Å². The summed E-state index contributed by atoms with van der Waals surface area (Å²) in [5.74, 6) is 3.90. The highest BCUT2D eigenvalue weighted by molar-refractivity contribution is 14.1. The molecule has 0 radical (unpaired) electrons. The lowest BCUT2D eigenvalue weighted by atomic mass is 9.67. The van der Waals surface area contributed by atoms with Crippen LogP contribution in [0.1, 0.15) is 39.5 Å². The van der Waals surface area contributed by atoms with Gasteiger partial charge in [0.1, 0.15) is 0 Å². The lowest BCUT2D eigenvalue weighted by molar-refractivity contribution is 0.0607. The van der Waals surface area contributed by atoms with Gasteiger partial charge >= 0.3 is 0 Å². The molecule has 2 rings (SSSR count). The highest BCUT2D eigenvalue weighted by Crippen LogP contribution is 2.42. The number of fused-ring (bicyclic) bond motifs is 1. The molecular formula is C12H22IN. The minimum atomic E-state index is 0.873. The summed E-state index contributed by atoms with van der Waals surface area (Å²) in [4.78, 5) is 0. The summed E-state index contributed by atoms with van der Waals surface area (Å²) in [5.41, 5.74) is 0. The van der Waals surface area contributed by atoms with Crippen LogP contribution in [0.5, 0.6) is 0 Å². The van der Waals surface area contributed by atoms with E-state index in [9.17, 15) is 0 Å². The van der Waals surface area contributed by atoms with Gasteiger partial charge in [-0.2, -0.15) is 0 Å². The molecule has 1 saturated carbocycles. The summed E-state index contributed by atoms with van der Waals surface area (Å²) in [7, 11) is 0. The molecule has 2 heteroatoms. The van der Waals surface area contributed by atoms with Crippen LogP contribution in [-0.2, 0) is 0 Å². The first-order chi connectivity index (χ1) is 6.68. The maximum absolute atomic E-state index is 2.54. The van der Waals surface area contributed by atoms with Crippen LogP contribution < -0.4 is 0 Å². The van der Waals surface area contributed by atoms with Gasteiger partial charge in [-0.1, -0.05) is 26.7 Å². The Labute approximate surface area is 102 Å². The van der Waals surface area contributed by atoms with Crippen molar-refractivity contribution >= 4 is 22.9 Å². The van der Waals surface area contributed by atoms with E-state index >= 15 is 0 Å². The lowest BCUT2D eigenvalue weighted by Gasteiger charge is -2.46. The van der Waals surface area contributed by atoms with Crippen molar-refractivity contribution in [1.82, 2.24) is 3.11 Å². The Hall–Kier alpha value is 0.690. The first-order valence-corrected chi connectivity index (χ1v) is 7.05. The molecule has 0 spiro atoms. The van der Waals surface area contributed by atoms with Gasteiger partial charge in [0.25, 0.3) is 0 Å². The largest absolute Gasteiger partial charge is 0.247 e. The molecule has 0 amide bonds. The number of piperidine rings is 1. The molecule has 1 saturated heterocycles. The van der Waals surface area contributed by atoms with Crippen molar-refractivity contribution < 1.29 is 0 Å². The molecule has 1 aliphatic heterocycles. The van der Waals surface area contributed by atoms with Gasteiger partial charge in [-0.3, -0.25) is 0 Å². The molecule has 1 heterocycles. The van der Waals surface area contributed by atoms with Gasteiger partial charge < -0.3 is 0 Å². The summed E-state index contributed by atoms with van der Waals surface area (Å²) >= 11 is 2.53. The molecule has 1 aliphatic carbocycles. The molecule has 14 heavy (non-hydrogen) atoms. The second-order valence-electron chi connectivity index (χ2n) is 5.44. The van der Waals surface area contributed by atoms with Crippen LogP contribution in [0.4, 0.5) is 0 Å². The average molecular weight is 307 g/mol. The second kappa shape index (κ2) is 4.69. The number of rotatable bonds is 1. The highest BCUT2D eigenvalue weighted by atomic mass is 127. The molecule has 2 aliphatic rings. The van der Waals surface area contributed by atoms with Crippen LogP contribution in [0.2, 0.25) is 0 Å². The Kier molecular flexibility index (Phi) is 3.74. The third-order valence-corrected chi connectivity index (χ3v) is 5.00. The zero-order valence-corrected chi connectivity index (χ0v) is 11.5. The summed E-state index contributed by atoms with van der Waals surface area (Å²) in [6.07, 6.45) is 5.98. The standard InChI is InChI=1S/C12H22IN/c1-9(2)12-8-14(13)7-10-5-3-4-6-11(10)12/h9-12H,3-8H2,1-2H3. The fourth-order valence-electron chi connectivity index (χ4n) is 3.43. The zero-order chi connectivity index (χ0) is 10.1. The van der Waals surface area contributed by atoms with Crippen LogP contribution in [0.3, 0.4) is 0 Å². The van der Waals surface area contributed by atoms with E-state index in [1.807, 2.05) is 0 Å². The van der Waals surface area contributed by atoms with E-state index in [1.54, 1.807) is 0 Å². The van der Waals surface area contributed by atoms with Crippen LogP contribution in [0.15, 0.2) is 0 Å². The minimum absolute atomic E-state index is 0.873. The lowest BCUT2D eigenvalue weighted by Crippen LogP contribution is -2.45. The van der Waals surface area contributed by atoms with E-state index in [4.69, 9.17) is 0 Å². The monoisotopic (exact) mass is 307 g/mol. The third-order valence-electron chi connectivity index (χ3n) is 4.22. The van der Waals surface area contributed by atoms with Crippen LogP contribution >= 0.6 is 22.9 Å². The van der Waals surface area contributed by atoms with Gasteiger partial charge in [-0.15, -0.1) is 0 Å². The van der Waals surface area contributed by atoms with Gasteiger partial charge in [0.05, 0.1) is 0 Å². The Morgan fingerprint density at radius 2 is 1.86 bits per heavy atom. The smallest absolute Gasteiger partial charge is 0.0201 e. The quantitative estimate of drug-likeness (QED) is 0.527. The summed E-state index contributed by atoms with van der Waals surface area (Å²) in [6, 6.07) is 0. The highest BCUT2D eigenvalue weighted by Gasteiger charge is 2.38. The molecule has 1 nitrogen and oxygen atoms in total. The van der Waals surface area contributed by atoms with Crippen molar-refractivity contribution in [3.05, 3.63) is 0 Å². The minimum Gasteiger partial charge on any atom is -0.247 e. The molecule has 82 valence electrons. The SMILES string of the molecule is CC(C)C1CN(I)CC2CCCCC21. The van der Waals surface area contributed by atoms with E-state index in [1.165, 1.54) is 38.8 Å². The number of hydrogen-bond acceptors (Lipinski definition) is 1. The number of halogens is 1. The van der Waals surface area contributed by atoms with Gasteiger partial charge in [-0.25, -0.2) is 3.11 Å². The molecule has 0 N–H and O–H groups in total. The molecule has 0 aromatic rings. The summed E-state index contributed by atoms with van der Waals surface area (Å²) in [6.45, 7) is 7.51. The normalized spacial score (nSPS) is 39.9. The predicted molar refractivity (Wildman–Crippen MR) is 69.4 cm³/mol. The first-order valence-electron chi connectivity index (χ1n) is 6.09. The van der Waals surface area contributed by atoms with Gasteiger partial charge in [0.15, 0.2) is 0 Å². The van der Waals surface area contributed by atoms with E-state index in [-0.39, 0.29) is 0 Å². The maximum atomic E-state index is 2.54. The van der Waals surface area contributed by atoms with Gasteiger partial charge in [0, 0.05) is 36.0 Å². The molecule has 0 aromatic heterocycles. The topological polar surface area (TPSA) is 3.24 Å². The van der Waals surface area contributed by atoms with Crippen molar-refractivity contribution in [2.45, 2.75) is 39.5 Å². The van der Waals surface area contributed by atoms with Crippen molar-refractivity contribution in [2.24, 2.45) is 23.7 Å². The molecule has 0 aromatic carbocycles. The van der Waals surface area contributed by atoms with Gasteiger partial charge in [0.2, 0.25) is 0 Å². The fraction of sp³-hybridized carbons (Fsp3) is 1.00. The Morgan fingerprint density at radius 3 is 2.57 bits per heavy atom. The van der Waals surface area contributed by atoms with E-state index in [2.05, 4.69) is 39.8 Å². The van der Waals surface area contributed by atoms with Crippen molar-refractivity contribution in [1.29, 1.82) is 0 Å². The summed E-state index contributed by atoms with van der Waals surface area (Å²) in [5, 5.41) is 0.